The van der Waals surface area contributed by atoms with Crippen LogP contribution < -0.4 is 10.9 Å². The molecule has 25 heavy (non-hydrogen) atoms. The van der Waals surface area contributed by atoms with Crippen molar-refractivity contribution in [1.29, 1.82) is 0 Å². The molecule has 1 amide bonds. The van der Waals surface area contributed by atoms with E-state index in [1.807, 2.05) is 30.5 Å². The zero-order chi connectivity index (χ0) is 17.8. The fourth-order valence-corrected chi connectivity index (χ4v) is 2.64. The van der Waals surface area contributed by atoms with E-state index in [1.165, 1.54) is 0 Å². The minimum Gasteiger partial charge on any atom is -0.361 e. The monoisotopic (exact) mass is 340 g/mol. The van der Waals surface area contributed by atoms with Crippen LogP contribution in [0.25, 0.3) is 10.9 Å². The molecule has 0 aliphatic rings. The number of carbonyl (C=O) groups is 1. The van der Waals surface area contributed by atoms with Gasteiger partial charge in [-0.2, -0.15) is 0 Å². The third-order valence-corrected chi connectivity index (χ3v) is 3.88. The molecule has 8 heteroatoms. The summed E-state index contributed by atoms with van der Waals surface area (Å²) in [5, 5.41) is 14.6. The number of pyridine rings is 1. The Morgan fingerprint density at radius 2 is 2.04 bits per heavy atom. The first-order valence-electron chi connectivity index (χ1n) is 7.71. The Morgan fingerprint density at radius 3 is 2.84 bits per heavy atom. The Morgan fingerprint density at radius 1 is 1.24 bits per heavy atom. The van der Waals surface area contributed by atoms with Gasteiger partial charge in [0.1, 0.15) is 6.54 Å². The molecule has 0 spiro atoms. The van der Waals surface area contributed by atoms with Gasteiger partial charge in [0, 0.05) is 35.8 Å². The first kappa shape index (κ1) is 16.4. The van der Waals surface area contributed by atoms with Gasteiger partial charge in [0.05, 0.1) is 11.1 Å². The molecule has 2 heterocycles. The molecule has 1 aromatic carbocycles. The smallest absolute Gasteiger partial charge is 0.285 e. The third-order valence-electron chi connectivity index (χ3n) is 3.88. The predicted molar refractivity (Wildman–Crippen MR) is 92.4 cm³/mol. The first-order chi connectivity index (χ1) is 12.0. The van der Waals surface area contributed by atoms with Crippen molar-refractivity contribution in [2.45, 2.75) is 13.0 Å². The quantitative estimate of drug-likeness (QED) is 0.524. The second-order valence-corrected chi connectivity index (χ2v) is 5.57. The zero-order valence-electron chi connectivity index (χ0n) is 13.3. The lowest BCUT2D eigenvalue weighted by Crippen LogP contribution is -2.33. The molecule has 0 aliphatic heterocycles. The number of H-pyrrole nitrogens is 1. The number of nitro groups is 1. The number of amides is 1. The maximum atomic E-state index is 12.0. The summed E-state index contributed by atoms with van der Waals surface area (Å²) >= 11 is 0. The molecule has 3 rings (SSSR count). The number of benzene rings is 1. The number of rotatable bonds is 6. The van der Waals surface area contributed by atoms with Gasteiger partial charge >= 0.3 is 0 Å². The highest BCUT2D eigenvalue weighted by Crippen LogP contribution is 2.17. The fourth-order valence-electron chi connectivity index (χ4n) is 2.64. The largest absolute Gasteiger partial charge is 0.361 e. The van der Waals surface area contributed by atoms with Crippen molar-refractivity contribution < 1.29 is 9.72 Å². The number of aromatic nitrogens is 2. The first-order valence-corrected chi connectivity index (χ1v) is 7.71. The average molecular weight is 340 g/mol. The highest BCUT2D eigenvalue weighted by atomic mass is 16.6. The van der Waals surface area contributed by atoms with Crippen LogP contribution in [0.2, 0.25) is 0 Å². The molecule has 0 unspecified atom stereocenters. The van der Waals surface area contributed by atoms with Crippen LogP contribution in [0.4, 0.5) is 5.69 Å². The van der Waals surface area contributed by atoms with Crippen LogP contribution in [-0.4, -0.2) is 26.9 Å². The molecule has 0 radical (unpaired) electrons. The zero-order valence-corrected chi connectivity index (χ0v) is 13.3. The van der Waals surface area contributed by atoms with Crippen LogP contribution in [0.5, 0.6) is 0 Å². The molecule has 0 saturated heterocycles. The maximum absolute atomic E-state index is 12.0. The van der Waals surface area contributed by atoms with Gasteiger partial charge in [-0.25, -0.2) is 0 Å². The molecule has 128 valence electrons. The maximum Gasteiger partial charge on any atom is 0.285 e. The SMILES string of the molecule is O=C(Cn1cc([N+](=O)[O-])ccc1=O)NCCc1c[nH]c2ccccc12. The molecule has 0 aliphatic carbocycles. The Hall–Kier alpha value is -3.42. The van der Waals surface area contributed by atoms with Gasteiger partial charge in [-0.05, 0) is 18.1 Å². The Balaban J connectivity index is 1.59. The van der Waals surface area contributed by atoms with Crippen molar-refractivity contribution >= 4 is 22.5 Å². The van der Waals surface area contributed by atoms with Crippen molar-refractivity contribution in [1.82, 2.24) is 14.9 Å². The molecule has 0 bridgehead atoms. The molecule has 2 aromatic heterocycles. The van der Waals surface area contributed by atoms with Gasteiger partial charge in [0.15, 0.2) is 0 Å². The molecule has 2 N–H and O–H groups in total. The number of para-hydroxylation sites is 1. The van der Waals surface area contributed by atoms with Crippen molar-refractivity contribution in [3.8, 4) is 0 Å². The summed E-state index contributed by atoms with van der Waals surface area (Å²) in [5.41, 5.74) is 1.43. The molecule has 0 atom stereocenters. The van der Waals surface area contributed by atoms with E-state index < -0.39 is 10.5 Å². The number of carbonyl (C=O) groups excluding carboxylic acids is 1. The molecular formula is C17H16N4O4. The summed E-state index contributed by atoms with van der Waals surface area (Å²) in [4.78, 5) is 37.0. The van der Waals surface area contributed by atoms with E-state index in [4.69, 9.17) is 0 Å². The van der Waals surface area contributed by atoms with E-state index in [9.17, 15) is 19.7 Å². The lowest BCUT2D eigenvalue weighted by Gasteiger charge is -2.07. The van der Waals surface area contributed by atoms with Crippen LogP contribution in [0.3, 0.4) is 0 Å². The van der Waals surface area contributed by atoms with Crippen LogP contribution in [0.1, 0.15) is 5.56 Å². The number of hydrogen-bond acceptors (Lipinski definition) is 4. The highest BCUT2D eigenvalue weighted by molar-refractivity contribution is 5.83. The van der Waals surface area contributed by atoms with Gasteiger partial charge in [-0.1, -0.05) is 18.2 Å². The molecule has 3 aromatic rings. The van der Waals surface area contributed by atoms with Crippen molar-refractivity contribution in [3.05, 3.63) is 74.8 Å². The van der Waals surface area contributed by atoms with Crippen LogP contribution in [0.15, 0.2) is 53.6 Å². The Bertz CT molecular complexity index is 989. The van der Waals surface area contributed by atoms with Gasteiger partial charge < -0.3 is 10.3 Å². The summed E-state index contributed by atoms with van der Waals surface area (Å²) in [6.07, 6.45) is 3.61. The second kappa shape index (κ2) is 7.00. The summed E-state index contributed by atoms with van der Waals surface area (Å²) in [6.45, 7) is 0.152. The summed E-state index contributed by atoms with van der Waals surface area (Å²) in [6, 6.07) is 10.1. The van der Waals surface area contributed by atoms with E-state index >= 15 is 0 Å². The molecule has 0 saturated carbocycles. The summed E-state index contributed by atoms with van der Waals surface area (Å²) in [7, 11) is 0. The lowest BCUT2D eigenvalue weighted by molar-refractivity contribution is -0.385. The lowest BCUT2D eigenvalue weighted by atomic mass is 10.1. The second-order valence-electron chi connectivity index (χ2n) is 5.57. The van der Waals surface area contributed by atoms with Crippen molar-refractivity contribution in [2.24, 2.45) is 0 Å². The van der Waals surface area contributed by atoms with Crippen LogP contribution >= 0.6 is 0 Å². The molecular weight excluding hydrogens is 324 g/mol. The average Bonchev–Trinajstić information content (AvgIpc) is 3.00. The number of nitrogens with one attached hydrogen (secondary N) is 2. The van der Waals surface area contributed by atoms with Gasteiger partial charge in [-0.3, -0.25) is 24.3 Å². The number of aromatic amines is 1. The number of hydrogen-bond donors (Lipinski definition) is 2. The van der Waals surface area contributed by atoms with Gasteiger partial charge in [0.25, 0.3) is 11.2 Å². The minimum atomic E-state index is -0.606. The highest BCUT2D eigenvalue weighted by Gasteiger charge is 2.10. The minimum absolute atomic E-state index is 0.230. The number of nitrogens with zero attached hydrogens (tertiary/aromatic N) is 2. The van der Waals surface area contributed by atoms with E-state index in [0.29, 0.717) is 13.0 Å². The standard InChI is InChI=1S/C17H16N4O4/c22-16(11-20-10-13(21(24)25)5-6-17(20)23)18-8-7-12-9-19-15-4-2-1-3-14(12)15/h1-6,9-10,19H,7-8,11H2,(H,18,22). The Labute approximate surface area is 142 Å². The molecule has 8 nitrogen and oxygen atoms in total. The summed E-state index contributed by atoms with van der Waals surface area (Å²) < 4.78 is 1.03. The van der Waals surface area contributed by atoms with E-state index in [0.717, 1.165) is 39.4 Å². The topological polar surface area (TPSA) is 110 Å². The van der Waals surface area contributed by atoms with Gasteiger partial charge in [0.2, 0.25) is 5.91 Å². The van der Waals surface area contributed by atoms with Crippen LogP contribution in [-0.2, 0) is 17.8 Å². The number of fused-ring (bicyclic) bond motifs is 1. The van der Waals surface area contributed by atoms with E-state index in [-0.39, 0.29) is 18.1 Å². The predicted octanol–water partition coefficient (Wildman–Crippen LogP) is 1.60. The van der Waals surface area contributed by atoms with E-state index in [2.05, 4.69) is 10.3 Å². The third kappa shape index (κ3) is 3.74. The van der Waals surface area contributed by atoms with Gasteiger partial charge in [-0.15, -0.1) is 0 Å². The van der Waals surface area contributed by atoms with E-state index in [1.54, 1.807) is 0 Å². The van der Waals surface area contributed by atoms with Crippen LogP contribution in [0, 0.1) is 10.1 Å². The normalized spacial score (nSPS) is 10.7. The Kier molecular flexibility index (Phi) is 4.60. The van der Waals surface area contributed by atoms with Crippen molar-refractivity contribution in [2.75, 3.05) is 6.54 Å². The summed E-state index contributed by atoms with van der Waals surface area (Å²) in [5.74, 6) is -0.373. The van der Waals surface area contributed by atoms with Crippen molar-refractivity contribution in [3.63, 3.8) is 0 Å². The fraction of sp³-hybridized carbons (Fsp3) is 0.176. The molecule has 0 fully saturated rings.